The molecule has 0 bridgehead atoms. The van der Waals surface area contributed by atoms with Crippen LogP contribution in [0.2, 0.25) is 0 Å². The standard InChI is InChI=1S/C17H14ClNO2/c1-10-7-12(8-11(2)16(10)20)9-13(18)17-19-14-5-3-4-6-15(14)21-17/h3-9,20H,1-2H3. The van der Waals surface area contributed by atoms with E-state index >= 15 is 0 Å². The predicted molar refractivity (Wildman–Crippen MR) is 85.3 cm³/mol. The topological polar surface area (TPSA) is 46.3 Å². The molecule has 2 aromatic carbocycles. The highest BCUT2D eigenvalue weighted by Gasteiger charge is 2.09. The smallest absolute Gasteiger partial charge is 0.238 e. The fraction of sp³-hybridized carbons (Fsp3) is 0.118. The zero-order valence-electron chi connectivity index (χ0n) is 11.7. The van der Waals surface area contributed by atoms with Gasteiger partial charge in [0.15, 0.2) is 5.58 Å². The number of aromatic hydroxyl groups is 1. The van der Waals surface area contributed by atoms with E-state index in [1.807, 2.05) is 50.2 Å². The highest BCUT2D eigenvalue weighted by Crippen LogP contribution is 2.28. The molecule has 1 aromatic heterocycles. The summed E-state index contributed by atoms with van der Waals surface area (Å²) in [5.41, 5.74) is 4.00. The maximum atomic E-state index is 9.79. The average Bonchev–Trinajstić information content (AvgIpc) is 2.88. The first-order valence-corrected chi connectivity index (χ1v) is 6.96. The highest BCUT2D eigenvalue weighted by atomic mass is 35.5. The number of aromatic nitrogens is 1. The first kappa shape index (κ1) is 13.7. The minimum absolute atomic E-state index is 0.310. The summed E-state index contributed by atoms with van der Waals surface area (Å²) < 4.78 is 5.63. The van der Waals surface area contributed by atoms with Crippen LogP contribution in [0.4, 0.5) is 0 Å². The lowest BCUT2D eigenvalue weighted by atomic mass is 10.1. The molecule has 0 saturated heterocycles. The molecule has 0 aliphatic rings. The number of fused-ring (bicyclic) bond motifs is 1. The number of benzene rings is 2. The molecule has 0 fully saturated rings. The quantitative estimate of drug-likeness (QED) is 0.733. The third-order valence-electron chi connectivity index (χ3n) is 3.30. The van der Waals surface area contributed by atoms with E-state index < -0.39 is 0 Å². The van der Waals surface area contributed by atoms with Gasteiger partial charge in [-0.3, -0.25) is 0 Å². The maximum Gasteiger partial charge on any atom is 0.238 e. The van der Waals surface area contributed by atoms with Crippen molar-refractivity contribution in [3.8, 4) is 5.75 Å². The van der Waals surface area contributed by atoms with Gasteiger partial charge < -0.3 is 9.52 Å². The van der Waals surface area contributed by atoms with Crippen molar-refractivity contribution in [2.45, 2.75) is 13.8 Å². The number of hydrogen-bond donors (Lipinski definition) is 1. The van der Waals surface area contributed by atoms with E-state index in [1.165, 1.54) is 0 Å². The average molecular weight is 300 g/mol. The first-order chi connectivity index (χ1) is 10.0. The second kappa shape index (κ2) is 5.26. The Hall–Kier alpha value is -2.26. The van der Waals surface area contributed by atoms with Gasteiger partial charge in [-0.2, -0.15) is 0 Å². The van der Waals surface area contributed by atoms with Crippen molar-refractivity contribution in [2.24, 2.45) is 0 Å². The molecule has 3 nitrogen and oxygen atoms in total. The van der Waals surface area contributed by atoms with Crippen LogP contribution in [0.3, 0.4) is 0 Å². The van der Waals surface area contributed by atoms with Crippen LogP contribution in [0.1, 0.15) is 22.6 Å². The number of hydrogen-bond acceptors (Lipinski definition) is 3. The van der Waals surface area contributed by atoms with Gasteiger partial charge in [-0.25, -0.2) is 4.98 Å². The molecule has 21 heavy (non-hydrogen) atoms. The molecule has 3 rings (SSSR count). The van der Waals surface area contributed by atoms with E-state index in [4.69, 9.17) is 16.0 Å². The van der Waals surface area contributed by atoms with Gasteiger partial charge in [0.25, 0.3) is 0 Å². The van der Waals surface area contributed by atoms with E-state index in [1.54, 1.807) is 6.08 Å². The monoisotopic (exact) mass is 299 g/mol. The normalized spacial score (nSPS) is 12.0. The van der Waals surface area contributed by atoms with Gasteiger partial charge in [-0.05, 0) is 60.9 Å². The van der Waals surface area contributed by atoms with Gasteiger partial charge >= 0.3 is 0 Å². The molecule has 0 amide bonds. The molecule has 0 atom stereocenters. The zero-order chi connectivity index (χ0) is 15.0. The Morgan fingerprint density at radius 1 is 1.19 bits per heavy atom. The van der Waals surface area contributed by atoms with Gasteiger partial charge in [0.1, 0.15) is 16.3 Å². The molecule has 0 unspecified atom stereocenters. The van der Waals surface area contributed by atoms with Gasteiger partial charge in [0, 0.05) is 0 Å². The van der Waals surface area contributed by atoms with Crippen molar-refractivity contribution in [1.29, 1.82) is 0 Å². The zero-order valence-corrected chi connectivity index (χ0v) is 12.5. The van der Waals surface area contributed by atoms with Crippen LogP contribution >= 0.6 is 11.6 Å². The van der Waals surface area contributed by atoms with Crippen molar-refractivity contribution in [3.05, 3.63) is 59.0 Å². The summed E-state index contributed by atoms with van der Waals surface area (Å²) in [4.78, 5) is 4.35. The summed E-state index contributed by atoms with van der Waals surface area (Å²) in [6, 6.07) is 11.3. The fourth-order valence-corrected chi connectivity index (χ4v) is 2.46. The van der Waals surface area contributed by atoms with Crippen LogP contribution in [0.5, 0.6) is 5.75 Å². The third-order valence-corrected chi connectivity index (χ3v) is 3.58. The molecule has 0 aliphatic heterocycles. The van der Waals surface area contributed by atoms with Gasteiger partial charge in [0.2, 0.25) is 5.89 Å². The Morgan fingerprint density at radius 2 is 1.86 bits per heavy atom. The van der Waals surface area contributed by atoms with Gasteiger partial charge in [-0.15, -0.1) is 0 Å². The van der Waals surface area contributed by atoms with Crippen LogP contribution in [0.15, 0.2) is 40.8 Å². The van der Waals surface area contributed by atoms with Crippen LogP contribution < -0.4 is 0 Å². The second-order valence-electron chi connectivity index (χ2n) is 4.98. The number of halogens is 1. The number of phenolic OH excluding ortho intramolecular Hbond substituents is 1. The number of nitrogens with zero attached hydrogens (tertiary/aromatic N) is 1. The summed E-state index contributed by atoms with van der Waals surface area (Å²) >= 11 is 6.30. The minimum atomic E-state index is 0.310. The van der Waals surface area contributed by atoms with Crippen molar-refractivity contribution in [3.63, 3.8) is 0 Å². The molecule has 1 heterocycles. The maximum absolute atomic E-state index is 9.79. The third kappa shape index (κ3) is 2.65. The summed E-state index contributed by atoms with van der Waals surface area (Å²) in [6.07, 6.45) is 1.78. The molecule has 4 heteroatoms. The fourth-order valence-electron chi connectivity index (χ4n) is 2.26. The Morgan fingerprint density at radius 3 is 2.52 bits per heavy atom. The Kier molecular flexibility index (Phi) is 3.43. The van der Waals surface area contributed by atoms with Crippen LogP contribution in [-0.4, -0.2) is 10.1 Å². The Bertz CT molecular complexity index is 793. The van der Waals surface area contributed by atoms with Gasteiger partial charge in [-0.1, -0.05) is 23.7 Å². The van der Waals surface area contributed by atoms with Crippen molar-refractivity contribution < 1.29 is 9.52 Å². The van der Waals surface area contributed by atoms with Crippen molar-refractivity contribution in [2.75, 3.05) is 0 Å². The summed E-state index contributed by atoms with van der Waals surface area (Å²) in [7, 11) is 0. The molecule has 0 saturated carbocycles. The first-order valence-electron chi connectivity index (χ1n) is 6.58. The summed E-state index contributed by atoms with van der Waals surface area (Å²) in [5, 5.41) is 10.2. The van der Waals surface area contributed by atoms with E-state index in [0.29, 0.717) is 22.3 Å². The number of rotatable bonds is 2. The number of aryl methyl sites for hydroxylation is 2. The molecular formula is C17H14ClNO2. The molecule has 3 aromatic rings. The molecular weight excluding hydrogens is 286 g/mol. The van der Waals surface area contributed by atoms with E-state index in [-0.39, 0.29) is 0 Å². The van der Waals surface area contributed by atoms with Crippen LogP contribution in [-0.2, 0) is 0 Å². The van der Waals surface area contributed by atoms with Crippen LogP contribution in [0.25, 0.3) is 22.2 Å². The largest absolute Gasteiger partial charge is 0.507 e. The van der Waals surface area contributed by atoms with Crippen molar-refractivity contribution in [1.82, 2.24) is 4.98 Å². The predicted octanol–water partition coefficient (Wildman–Crippen LogP) is 4.89. The van der Waals surface area contributed by atoms with Gasteiger partial charge in [0.05, 0.1) is 0 Å². The minimum Gasteiger partial charge on any atom is -0.507 e. The van der Waals surface area contributed by atoms with E-state index in [9.17, 15) is 5.11 Å². The summed E-state index contributed by atoms with van der Waals surface area (Å²) in [6.45, 7) is 3.71. The molecule has 0 spiro atoms. The van der Waals surface area contributed by atoms with E-state index in [0.717, 1.165) is 22.2 Å². The number of oxazole rings is 1. The Labute approximate surface area is 127 Å². The van der Waals surface area contributed by atoms with E-state index in [2.05, 4.69) is 4.98 Å². The Balaban J connectivity index is 2.02. The van der Waals surface area contributed by atoms with Crippen LogP contribution in [0, 0.1) is 13.8 Å². The highest BCUT2D eigenvalue weighted by molar-refractivity contribution is 6.50. The van der Waals surface area contributed by atoms with Crippen molar-refractivity contribution >= 4 is 33.8 Å². The lowest BCUT2D eigenvalue weighted by Gasteiger charge is -2.05. The number of phenols is 1. The lowest BCUT2D eigenvalue weighted by molar-refractivity contribution is 0.467. The second-order valence-corrected chi connectivity index (χ2v) is 5.39. The lowest BCUT2D eigenvalue weighted by Crippen LogP contribution is -1.84. The molecule has 0 radical (unpaired) electrons. The summed E-state index contributed by atoms with van der Waals surface area (Å²) in [5.74, 6) is 0.700. The number of para-hydroxylation sites is 2. The molecule has 106 valence electrons. The SMILES string of the molecule is Cc1cc(C=C(Cl)c2nc3ccccc3o2)cc(C)c1O. The molecule has 0 aliphatic carbocycles. The molecule has 1 N–H and O–H groups in total.